The van der Waals surface area contributed by atoms with Crippen LogP contribution < -0.4 is 0 Å². The van der Waals surface area contributed by atoms with Crippen LogP contribution in [0.15, 0.2) is 30.3 Å². The zero-order chi connectivity index (χ0) is 14.3. The Morgan fingerprint density at radius 1 is 1.05 bits per heavy atom. The molecule has 0 aliphatic rings. The predicted molar refractivity (Wildman–Crippen MR) is 80.2 cm³/mol. The molecule has 0 N–H and O–H groups in total. The van der Waals surface area contributed by atoms with Crippen molar-refractivity contribution < 1.29 is 14.3 Å². The van der Waals surface area contributed by atoms with Gasteiger partial charge >= 0.3 is 5.97 Å². The van der Waals surface area contributed by atoms with Crippen molar-refractivity contribution in [1.82, 2.24) is 9.80 Å². The highest BCUT2D eigenvalue weighted by Gasteiger charge is 2.13. The third-order valence-corrected chi connectivity index (χ3v) is 2.64. The van der Waals surface area contributed by atoms with Crippen LogP contribution >= 0.6 is 12.4 Å². The lowest BCUT2D eigenvalue weighted by Gasteiger charge is -2.19. The molecule has 0 saturated heterocycles. The molecular formula is C14H21ClN2O3. The van der Waals surface area contributed by atoms with E-state index in [-0.39, 0.29) is 24.9 Å². The third kappa shape index (κ3) is 6.54. The molecule has 112 valence electrons. The molecule has 0 fully saturated rings. The van der Waals surface area contributed by atoms with E-state index in [1.165, 1.54) is 0 Å². The number of esters is 1. The van der Waals surface area contributed by atoms with Gasteiger partial charge in [-0.05, 0) is 26.2 Å². The second-order valence-corrected chi connectivity index (χ2v) is 4.56. The van der Waals surface area contributed by atoms with E-state index in [0.717, 1.165) is 6.54 Å². The van der Waals surface area contributed by atoms with Gasteiger partial charge in [-0.3, -0.25) is 4.79 Å². The van der Waals surface area contributed by atoms with Crippen LogP contribution in [0.2, 0.25) is 0 Å². The molecule has 6 heteroatoms. The number of hydrogen-bond donors (Lipinski definition) is 0. The standard InChI is InChI=1S/C14H20N2O3.ClH/c1-15(2)9-10-16(3)13(17)11-19-14(18)12-7-5-4-6-8-12;/h4-8H,9-11H2,1-3H3;1H. The Morgan fingerprint density at radius 2 is 1.65 bits per heavy atom. The van der Waals surface area contributed by atoms with Crippen molar-refractivity contribution in [1.29, 1.82) is 0 Å². The summed E-state index contributed by atoms with van der Waals surface area (Å²) in [4.78, 5) is 26.9. The van der Waals surface area contributed by atoms with Gasteiger partial charge in [0, 0.05) is 20.1 Å². The smallest absolute Gasteiger partial charge is 0.338 e. The molecular weight excluding hydrogens is 280 g/mol. The summed E-state index contributed by atoms with van der Waals surface area (Å²) < 4.78 is 4.97. The highest BCUT2D eigenvalue weighted by atomic mass is 35.5. The minimum atomic E-state index is -0.477. The topological polar surface area (TPSA) is 49.9 Å². The van der Waals surface area contributed by atoms with Gasteiger partial charge < -0.3 is 14.5 Å². The normalized spacial score (nSPS) is 9.80. The van der Waals surface area contributed by atoms with Crippen molar-refractivity contribution in [2.75, 3.05) is 40.8 Å². The first-order valence-electron chi connectivity index (χ1n) is 6.11. The summed E-state index contributed by atoms with van der Waals surface area (Å²) >= 11 is 0. The minimum Gasteiger partial charge on any atom is -0.452 e. The van der Waals surface area contributed by atoms with Crippen molar-refractivity contribution in [3.8, 4) is 0 Å². The summed E-state index contributed by atoms with van der Waals surface area (Å²) in [5, 5.41) is 0. The number of carbonyl (C=O) groups is 2. The van der Waals surface area contributed by atoms with Gasteiger partial charge in [0.1, 0.15) is 0 Å². The minimum absolute atomic E-state index is 0. The molecule has 0 heterocycles. The summed E-state index contributed by atoms with van der Waals surface area (Å²) in [7, 11) is 5.57. The molecule has 5 nitrogen and oxygen atoms in total. The average molecular weight is 301 g/mol. The van der Waals surface area contributed by atoms with Crippen LogP contribution in [-0.4, -0.2) is 62.5 Å². The van der Waals surface area contributed by atoms with E-state index >= 15 is 0 Å². The van der Waals surface area contributed by atoms with E-state index in [1.807, 2.05) is 25.1 Å². The first-order valence-corrected chi connectivity index (χ1v) is 6.11. The quantitative estimate of drug-likeness (QED) is 0.743. The zero-order valence-electron chi connectivity index (χ0n) is 12.0. The van der Waals surface area contributed by atoms with E-state index in [2.05, 4.69) is 0 Å². The highest BCUT2D eigenvalue weighted by molar-refractivity contribution is 5.91. The lowest BCUT2D eigenvalue weighted by atomic mass is 10.2. The van der Waals surface area contributed by atoms with Crippen molar-refractivity contribution in [3.63, 3.8) is 0 Å². The van der Waals surface area contributed by atoms with Gasteiger partial charge in [-0.15, -0.1) is 12.4 Å². The van der Waals surface area contributed by atoms with Crippen molar-refractivity contribution in [2.45, 2.75) is 0 Å². The third-order valence-electron chi connectivity index (χ3n) is 2.64. The fraction of sp³-hybridized carbons (Fsp3) is 0.429. The molecule has 0 unspecified atom stereocenters. The van der Waals surface area contributed by atoms with E-state index in [1.54, 1.807) is 36.2 Å². The summed E-state index contributed by atoms with van der Waals surface area (Å²) in [6.45, 7) is 1.15. The number of amides is 1. The number of hydrogen-bond acceptors (Lipinski definition) is 4. The van der Waals surface area contributed by atoms with Crippen LogP contribution in [0.4, 0.5) is 0 Å². The SMILES string of the molecule is CN(C)CCN(C)C(=O)COC(=O)c1ccccc1.Cl. The molecule has 0 atom stereocenters. The Balaban J connectivity index is 0.00000361. The number of ether oxygens (including phenoxy) is 1. The molecule has 0 aliphatic carbocycles. The number of benzene rings is 1. The first kappa shape index (κ1) is 18.4. The van der Waals surface area contributed by atoms with Crippen molar-refractivity contribution in [3.05, 3.63) is 35.9 Å². The molecule has 0 aliphatic heterocycles. The van der Waals surface area contributed by atoms with Gasteiger partial charge in [-0.1, -0.05) is 18.2 Å². The molecule has 20 heavy (non-hydrogen) atoms. The van der Waals surface area contributed by atoms with Crippen LogP contribution in [0, 0.1) is 0 Å². The van der Waals surface area contributed by atoms with Gasteiger partial charge in [0.25, 0.3) is 5.91 Å². The van der Waals surface area contributed by atoms with Crippen LogP contribution in [0.1, 0.15) is 10.4 Å². The largest absolute Gasteiger partial charge is 0.452 e. The van der Waals surface area contributed by atoms with Crippen LogP contribution in [0.25, 0.3) is 0 Å². The highest BCUT2D eigenvalue weighted by Crippen LogP contribution is 2.01. The van der Waals surface area contributed by atoms with Gasteiger partial charge in [0.15, 0.2) is 6.61 Å². The molecule has 0 aromatic heterocycles. The summed E-state index contributed by atoms with van der Waals surface area (Å²) in [5.74, 6) is -0.680. The molecule has 0 bridgehead atoms. The van der Waals surface area contributed by atoms with Crippen LogP contribution in [-0.2, 0) is 9.53 Å². The Hall–Kier alpha value is -1.59. The maximum Gasteiger partial charge on any atom is 0.338 e. The molecule has 0 saturated carbocycles. The molecule has 1 aromatic carbocycles. The van der Waals surface area contributed by atoms with Crippen LogP contribution in [0.5, 0.6) is 0 Å². The fourth-order valence-electron chi connectivity index (χ4n) is 1.37. The van der Waals surface area contributed by atoms with E-state index in [4.69, 9.17) is 4.74 Å². The maximum atomic E-state index is 11.7. The number of nitrogens with zero attached hydrogens (tertiary/aromatic N) is 2. The maximum absolute atomic E-state index is 11.7. The average Bonchev–Trinajstić information content (AvgIpc) is 2.42. The lowest BCUT2D eigenvalue weighted by Crippen LogP contribution is -2.36. The van der Waals surface area contributed by atoms with Gasteiger partial charge in [0.05, 0.1) is 5.56 Å². The lowest BCUT2D eigenvalue weighted by molar-refractivity contribution is -0.133. The number of rotatable bonds is 6. The van der Waals surface area contributed by atoms with Gasteiger partial charge in [-0.25, -0.2) is 4.79 Å². The molecule has 1 aromatic rings. The second-order valence-electron chi connectivity index (χ2n) is 4.56. The second kappa shape index (κ2) is 9.34. The van der Waals surface area contributed by atoms with Gasteiger partial charge in [-0.2, -0.15) is 0 Å². The monoisotopic (exact) mass is 300 g/mol. The predicted octanol–water partition coefficient (Wildman–Crippen LogP) is 1.29. The summed E-state index contributed by atoms with van der Waals surface area (Å²) in [5.41, 5.74) is 0.450. The fourth-order valence-corrected chi connectivity index (χ4v) is 1.37. The van der Waals surface area contributed by atoms with E-state index in [0.29, 0.717) is 12.1 Å². The molecule has 1 rings (SSSR count). The van der Waals surface area contributed by atoms with Gasteiger partial charge in [0.2, 0.25) is 0 Å². The Labute approximate surface area is 125 Å². The molecule has 0 radical (unpaired) electrons. The Bertz CT molecular complexity index is 424. The Morgan fingerprint density at radius 3 is 2.20 bits per heavy atom. The van der Waals surface area contributed by atoms with E-state index in [9.17, 15) is 9.59 Å². The van der Waals surface area contributed by atoms with Crippen molar-refractivity contribution in [2.24, 2.45) is 0 Å². The number of halogens is 1. The molecule has 1 amide bonds. The number of likely N-dealkylation sites (N-methyl/N-ethyl adjacent to an activating group) is 2. The summed E-state index contributed by atoms with van der Waals surface area (Å²) in [6.07, 6.45) is 0. The number of carbonyl (C=O) groups excluding carboxylic acids is 2. The molecule has 0 spiro atoms. The van der Waals surface area contributed by atoms with Crippen molar-refractivity contribution >= 4 is 24.3 Å². The van der Waals surface area contributed by atoms with E-state index < -0.39 is 5.97 Å². The zero-order valence-corrected chi connectivity index (χ0v) is 12.9. The first-order chi connectivity index (χ1) is 9.00. The summed E-state index contributed by atoms with van der Waals surface area (Å²) in [6, 6.07) is 8.63. The van der Waals surface area contributed by atoms with Crippen LogP contribution in [0.3, 0.4) is 0 Å². The Kier molecular flexibility index (Phi) is 8.59.